The quantitative estimate of drug-likeness (QED) is 0.834. The van der Waals surface area contributed by atoms with Crippen molar-refractivity contribution in [2.75, 3.05) is 12.4 Å². The van der Waals surface area contributed by atoms with E-state index in [2.05, 4.69) is 14.6 Å². The Labute approximate surface area is 124 Å². The molecule has 2 aromatic carbocycles. The third-order valence-corrected chi connectivity index (χ3v) is 3.45. The van der Waals surface area contributed by atoms with E-state index in [4.69, 9.17) is 9.84 Å². The number of methoxy groups -OCH3 is 1. The number of anilines is 1. The van der Waals surface area contributed by atoms with Crippen LogP contribution in [0.1, 0.15) is 15.9 Å². The zero-order valence-electron chi connectivity index (χ0n) is 11.4. The number of carboxylic acid groups (broad SMARTS) is 1. The summed E-state index contributed by atoms with van der Waals surface area (Å²) in [4.78, 5) is 10.8. The molecular formula is C15H15FNO3P. The third kappa shape index (κ3) is 3.70. The molecule has 0 aliphatic heterocycles. The van der Waals surface area contributed by atoms with Crippen LogP contribution in [0.5, 0.6) is 5.75 Å². The molecule has 1 atom stereocenters. The van der Waals surface area contributed by atoms with Crippen molar-refractivity contribution >= 4 is 26.2 Å². The van der Waals surface area contributed by atoms with Crippen molar-refractivity contribution in [3.63, 3.8) is 0 Å². The molecule has 4 nitrogen and oxygen atoms in total. The summed E-state index contributed by atoms with van der Waals surface area (Å²) >= 11 is 0. The fourth-order valence-corrected chi connectivity index (χ4v) is 2.29. The van der Waals surface area contributed by atoms with Gasteiger partial charge in [-0.2, -0.15) is 0 Å². The van der Waals surface area contributed by atoms with Crippen molar-refractivity contribution in [3.8, 4) is 5.75 Å². The maximum absolute atomic E-state index is 13.9. The Morgan fingerprint density at radius 3 is 2.52 bits per heavy atom. The van der Waals surface area contributed by atoms with Gasteiger partial charge in [-0.1, -0.05) is 12.1 Å². The van der Waals surface area contributed by atoms with Gasteiger partial charge in [0.25, 0.3) is 0 Å². The molecule has 0 aliphatic carbocycles. The van der Waals surface area contributed by atoms with Crippen molar-refractivity contribution in [2.45, 2.75) is 6.54 Å². The van der Waals surface area contributed by atoms with Gasteiger partial charge in [0.15, 0.2) is 0 Å². The molecule has 2 aromatic rings. The summed E-state index contributed by atoms with van der Waals surface area (Å²) in [5.74, 6) is -0.991. The Kier molecular flexibility index (Phi) is 4.76. The molecule has 0 aliphatic rings. The lowest BCUT2D eigenvalue weighted by Gasteiger charge is -2.12. The summed E-state index contributed by atoms with van der Waals surface area (Å²) in [5, 5.41) is 12.3. The molecule has 0 saturated carbocycles. The first-order valence-electron chi connectivity index (χ1n) is 6.20. The van der Waals surface area contributed by atoms with E-state index in [-0.39, 0.29) is 11.3 Å². The van der Waals surface area contributed by atoms with Crippen LogP contribution in [0.25, 0.3) is 0 Å². The fourth-order valence-electron chi connectivity index (χ4n) is 1.87. The van der Waals surface area contributed by atoms with Crippen molar-refractivity contribution in [3.05, 3.63) is 53.3 Å². The number of halogens is 1. The van der Waals surface area contributed by atoms with Crippen LogP contribution in [0.2, 0.25) is 0 Å². The number of hydrogen-bond acceptors (Lipinski definition) is 3. The van der Waals surface area contributed by atoms with Gasteiger partial charge in [0.05, 0.1) is 18.4 Å². The predicted octanol–water partition coefficient (Wildman–Crippen LogP) is 2.65. The smallest absolute Gasteiger partial charge is 0.335 e. The highest BCUT2D eigenvalue weighted by Crippen LogP contribution is 2.18. The predicted molar refractivity (Wildman–Crippen MR) is 83.0 cm³/mol. The van der Waals surface area contributed by atoms with Gasteiger partial charge in [-0.3, -0.25) is 0 Å². The molecule has 0 spiro atoms. The van der Waals surface area contributed by atoms with E-state index >= 15 is 0 Å². The zero-order valence-corrected chi connectivity index (χ0v) is 12.5. The minimum Gasteiger partial charge on any atom is -0.497 e. The van der Waals surface area contributed by atoms with Crippen LogP contribution >= 0.6 is 9.24 Å². The SMILES string of the molecule is COc1ccc(CNc2c(F)cc(C(=O)O)cc2P)cc1. The van der Waals surface area contributed by atoms with Gasteiger partial charge in [0, 0.05) is 6.54 Å². The first-order valence-corrected chi connectivity index (χ1v) is 6.78. The molecule has 1 unspecified atom stereocenters. The molecule has 110 valence electrons. The monoisotopic (exact) mass is 307 g/mol. The van der Waals surface area contributed by atoms with Crippen LogP contribution in [0.3, 0.4) is 0 Å². The van der Waals surface area contributed by atoms with Crippen LogP contribution in [-0.2, 0) is 6.54 Å². The fraction of sp³-hybridized carbons (Fsp3) is 0.133. The van der Waals surface area contributed by atoms with E-state index in [0.717, 1.165) is 17.4 Å². The Morgan fingerprint density at radius 2 is 2.00 bits per heavy atom. The normalized spacial score (nSPS) is 10.2. The van der Waals surface area contributed by atoms with Gasteiger partial charge in [-0.05, 0) is 35.1 Å². The number of carboxylic acids is 1. The van der Waals surface area contributed by atoms with Crippen molar-refractivity contribution in [1.29, 1.82) is 0 Å². The summed E-state index contributed by atoms with van der Waals surface area (Å²) in [6, 6.07) is 9.80. The van der Waals surface area contributed by atoms with Gasteiger partial charge in [-0.15, -0.1) is 9.24 Å². The van der Waals surface area contributed by atoms with E-state index in [1.165, 1.54) is 6.07 Å². The zero-order chi connectivity index (χ0) is 15.4. The van der Waals surface area contributed by atoms with Crippen LogP contribution < -0.4 is 15.4 Å². The molecule has 2 rings (SSSR count). The topological polar surface area (TPSA) is 58.6 Å². The minimum atomic E-state index is -1.15. The Hall–Kier alpha value is -2.13. The number of nitrogens with one attached hydrogen (secondary N) is 1. The van der Waals surface area contributed by atoms with E-state index in [1.54, 1.807) is 7.11 Å². The molecule has 0 radical (unpaired) electrons. The third-order valence-electron chi connectivity index (χ3n) is 3.00. The first kappa shape index (κ1) is 15.3. The molecule has 0 saturated heterocycles. The van der Waals surface area contributed by atoms with Gasteiger partial charge in [0.2, 0.25) is 0 Å². The highest BCUT2D eigenvalue weighted by Gasteiger charge is 2.12. The van der Waals surface area contributed by atoms with Crippen LogP contribution in [0.15, 0.2) is 36.4 Å². The second-order valence-electron chi connectivity index (χ2n) is 4.43. The summed E-state index contributed by atoms with van der Waals surface area (Å²) < 4.78 is 19.0. The highest BCUT2D eigenvalue weighted by atomic mass is 31.0. The molecule has 0 bridgehead atoms. The number of hydrogen-bond donors (Lipinski definition) is 2. The number of rotatable bonds is 5. The standard InChI is InChI=1S/C15H15FNO3P/c1-20-11-4-2-9(3-5-11)8-17-14-12(16)6-10(15(18)19)7-13(14)21/h2-7,17H,8,21H2,1H3,(H,18,19). The van der Waals surface area contributed by atoms with Gasteiger partial charge in [-0.25, -0.2) is 9.18 Å². The van der Waals surface area contributed by atoms with Gasteiger partial charge in [0.1, 0.15) is 11.6 Å². The lowest BCUT2D eigenvalue weighted by Crippen LogP contribution is -2.12. The molecule has 21 heavy (non-hydrogen) atoms. The summed E-state index contributed by atoms with van der Waals surface area (Å²) in [7, 11) is 3.93. The summed E-state index contributed by atoms with van der Waals surface area (Å²) in [5.41, 5.74) is 1.16. The molecule has 0 amide bonds. The average Bonchev–Trinajstić information content (AvgIpc) is 2.46. The maximum atomic E-state index is 13.9. The van der Waals surface area contributed by atoms with E-state index in [0.29, 0.717) is 11.8 Å². The number of benzene rings is 2. The highest BCUT2D eigenvalue weighted by molar-refractivity contribution is 7.28. The Balaban J connectivity index is 2.14. The van der Waals surface area contributed by atoms with Crippen LogP contribution in [0, 0.1) is 5.82 Å². The molecule has 2 N–H and O–H groups in total. The average molecular weight is 307 g/mol. The van der Waals surface area contributed by atoms with Gasteiger partial charge >= 0.3 is 5.97 Å². The molecule has 0 aromatic heterocycles. The van der Waals surface area contributed by atoms with Crippen LogP contribution in [0.4, 0.5) is 10.1 Å². The van der Waals surface area contributed by atoms with Crippen molar-refractivity contribution < 1.29 is 19.0 Å². The second-order valence-corrected chi connectivity index (χ2v) is 5.05. The Morgan fingerprint density at radius 1 is 1.33 bits per heavy atom. The molecule has 6 heteroatoms. The molecule has 0 heterocycles. The minimum absolute atomic E-state index is 0.0764. The van der Waals surface area contributed by atoms with E-state index < -0.39 is 11.8 Å². The number of carbonyl (C=O) groups is 1. The maximum Gasteiger partial charge on any atom is 0.335 e. The molecule has 0 fully saturated rings. The van der Waals surface area contributed by atoms with Gasteiger partial charge < -0.3 is 15.2 Å². The first-order chi connectivity index (χ1) is 10.0. The Bertz CT molecular complexity index is 635. The number of ether oxygens (including phenoxy) is 1. The second kappa shape index (κ2) is 6.55. The largest absolute Gasteiger partial charge is 0.497 e. The van der Waals surface area contributed by atoms with Crippen molar-refractivity contribution in [1.82, 2.24) is 0 Å². The van der Waals surface area contributed by atoms with E-state index in [1.807, 2.05) is 24.3 Å². The lowest BCUT2D eigenvalue weighted by molar-refractivity contribution is 0.0696. The summed E-state index contributed by atoms with van der Waals surface area (Å²) in [6.45, 7) is 0.425. The van der Waals surface area contributed by atoms with Crippen molar-refractivity contribution in [2.24, 2.45) is 0 Å². The van der Waals surface area contributed by atoms with Crippen LogP contribution in [-0.4, -0.2) is 18.2 Å². The number of aromatic carboxylic acids is 1. The van der Waals surface area contributed by atoms with E-state index in [9.17, 15) is 9.18 Å². The molecular weight excluding hydrogens is 292 g/mol. The lowest BCUT2D eigenvalue weighted by atomic mass is 10.1. The summed E-state index contributed by atoms with van der Waals surface area (Å²) in [6.07, 6.45) is 0.